The molecule has 0 aliphatic carbocycles. The van der Waals surface area contributed by atoms with Gasteiger partial charge in [-0.15, -0.1) is 0 Å². The SMILES string of the molecule is CC(=O)N1CC(C(C)C)(C(F)F)C1. The molecule has 1 aliphatic heterocycles. The van der Waals surface area contributed by atoms with Crippen molar-refractivity contribution >= 4 is 5.91 Å². The van der Waals surface area contributed by atoms with Crippen molar-refractivity contribution in [2.75, 3.05) is 13.1 Å². The lowest BCUT2D eigenvalue weighted by molar-refractivity contribution is -0.165. The Kier molecular flexibility index (Phi) is 2.59. The molecule has 0 N–H and O–H groups in total. The second-order valence-corrected chi connectivity index (χ2v) is 4.06. The van der Waals surface area contributed by atoms with Gasteiger partial charge in [-0.2, -0.15) is 0 Å². The molecule has 1 saturated heterocycles. The van der Waals surface area contributed by atoms with E-state index in [2.05, 4.69) is 0 Å². The highest BCUT2D eigenvalue weighted by Gasteiger charge is 2.53. The first kappa shape index (κ1) is 10.4. The van der Waals surface area contributed by atoms with Crippen molar-refractivity contribution in [3.63, 3.8) is 0 Å². The molecule has 0 saturated carbocycles. The number of amides is 1. The van der Waals surface area contributed by atoms with E-state index in [4.69, 9.17) is 0 Å². The Morgan fingerprint density at radius 1 is 1.38 bits per heavy atom. The minimum absolute atomic E-state index is 0.0805. The number of carbonyl (C=O) groups is 1. The number of nitrogens with zero attached hydrogens (tertiary/aromatic N) is 1. The van der Waals surface area contributed by atoms with E-state index in [1.165, 1.54) is 11.8 Å². The fraction of sp³-hybridized carbons (Fsp3) is 0.889. The van der Waals surface area contributed by atoms with E-state index < -0.39 is 11.8 Å². The molecule has 4 heteroatoms. The van der Waals surface area contributed by atoms with Crippen molar-refractivity contribution in [2.45, 2.75) is 27.2 Å². The fourth-order valence-corrected chi connectivity index (χ4v) is 1.64. The summed E-state index contributed by atoms with van der Waals surface area (Å²) < 4.78 is 25.4. The Morgan fingerprint density at radius 3 is 2.08 bits per heavy atom. The van der Waals surface area contributed by atoms with Crippen LogP contribution in [0.1, 0.15) is 20.8 Å². The molecular formula is C9H15F2NO. The first-order chi connectivity index (χ1) is 5.90. The third-order valence-electron chi connectivity index (χ3n) is 3.00. The van der Waals surface area contributed by atoms with Gasteiger partial charge >= 0.3 is 0 Å². The van der Waals surface area contributed by atoms with Crippen LogP contribution in [0.25, 0.3) is 0 Å². The molecule has 76 valence electrons. The molecule has 1 aliphatic rings. The topological polar surface area (TPSA) is 20.3 Å². The summed E-state index contributed by atoms with van der Waals surface area (Å²) in [7, 11) is 0. The Bertz CT molecular complexity index is 200. The fourth-order valence-electron chi connectivity index (χ4n) is 1.64. The van der Waals surface area contributed by atoms with E-state index in [0.717, 1.165) is 0 Å². The largest absolute Gasteiger partial charge is 0.341 e. The van der Waals surface area contributed by atoms with Crippen molar-refractivity contribution in [2.24, 2.45) is 11.3 Å². The molecule has 0 bridgehead atoms. The van der Waals surface area contributed by atoms with Gasteiger partial charge in [0.15, 0.2) is 0 Å². The van der Waals surface area contributed by atoms with Gasteiger partial charge in [0.1, 0.15) is 0 Å². The summed E-state index contributed by atoms with van der Waals surface area (Å²) in [4.78, 5) is 12.3. The number of alkyl halides is 2. The van der Waals surface area contributed by atoms with E-state index in [1.807, 2.05) is 0 Å². The Labute approximate surface area is 76.9 Å². The molecule has 1 heterocycles. The Morgan fingerprint density at radius 2 is 1.85 bits per heavy atom. The van der Waals surface area contributed by atoms with Crippen LogP contribution in [0.5, 0.6) is 0 Å². The van der Waals surface area contributed by atoms with Crippen LogP contribution in [0.15, 0.2) is 0 Å². The van der Waals surface area contributed by atoms with Crippen molar-refractivity contribution in [1.82, 2.24) is 4.90 Å². The Balaban J connectivity index is 2.63. The molecule has 0 aromatic heterocycles. The summed E-state index contributed by atoms with van der Waals surface area (Å²) in [5.41, 5.74) is -0.953. The molecule has 0 atom stereocenters. The van der Waals surface area contributed by atoms with Crippen molar-refractivity contribution in [3.8, 4) is 0 Å². The minimum Gasteiger partial charge on any atom is -0.341 e. The minimum atomic E-state index is -2.33. The molecule has 0 radical (unpaired) electrons. The number of hydrogen-bond acceptors (Lipinski definition) is 1. The highest BCUT2D eigenvalue weighted by Crippen LogP contribution is 2.43. The maximum Gasteiger partial charge on any atom is 0.247 e. The maximum atomic E-state index is 12.7. The van der Waals surface area contributed by atoms with Crippen LogP contribution in [-0.2, 0) is 4.79 Å². The quantitative estimate of drug-likeness (QED) is 0.651. The van der Waals surface area contributed by atoms with Crippen LogP contribution in [0.3, 0.4) is 0 Å². The van der Waals surface area contributed by atoms with Crippen molar-refractivity contribution in [1.29, 1.82) is 0 Å². The van der Waals surface area contributed by atoms with E-state index in [9.17, 15) is 13.6 Å². The summed E-state index contributed by atoms with van der Waals surface area (Å²) in [6.45, 7) is 5.39. The maximum absolute atomic E-state index is 12.7. The van der Waals surface area contributed by atoms with Gasteiger partial charge in [0.2, 0.25) is 12.3 Å². The van der Waals surface area contributed by atoms with Gasteiger partial charge in [0.05, 0.1) is 5.41 Å². The summed E-state index contributed by atoms with van der Waals surface area (Å²) >= 11 is 0. The predicted octanol–water partition coefficient (Wildman–Crippen LogP) is 1.76. The number of hydrogen-bond donors (Lipinski definition) is 0. The lowest BCUT2D eigenvalue weighted by Crippen LogP contribution is -2.63. The summed E-state index contributed by atoms with van der Waals surface area (Å²) in [6.07, 6.45) is -2.33. The van der Waals surface area contributed by atoms with Gasteiger partial charge in [-0.1, -0.05) is 13.8 Å². The van der Waals surface area contributed by atoms with Crippen LogP contribution in [0.2, 0.25) is 0 Å². The van der Waals surface area contributed by atoms with Gasteiger partial charge in [0, 0.05) is 20.0 Å². The van der Waals surface area contributed by atoms with Crippen LogP contribution in [-0.4, -0.2) is 30.3 Å². The molecule has 0 unspecified atom stereocenters. The first-order valence-electron chi connectivity index (χ1n) is 4.44. The molecule has 13 heavy (non-hydrogen) atoms. The van der Waals surface area contributed by atoms with Crippen molar-refractivity contribution in [3.05, 3.63) is 0 Å². The van der Waals surface area contributed by atoms with E-state index in [1.54, 1.807) is 13.8 Å². The molecular weight excluding hydrogens is 176 g/mol. The average molecular weight is 191 g/mol. The normalized spacial score (nSPS) is 20.7. The zero-order valence-electron chi connectivity index (χ0n) is 8.18. The zero-order chi connectivity index (χ0) is 10.2. The van der Waals surface area contributed by atoms with Gasteiger partial charge in [-0.05, 0) is 5.92 Å². The number of halogens is 2. The second-order valence-electron chi connectivity index (χ2n) is 4.06. The first-order valence-corrected chi connectivity index (χ1v) is 4.44. The molecule has 1 rings (SSSR count). The van der Waals surface area contributed by atoms with Gasteiger partial charge < -0.3 is 4.90 Å². The van der Waals surface area contributed by atoms with E-state index >= 15 is 0 Å². The van der Waals surface area contributed by atoms with Gasteiger partial charge in [0.25, 0.3) is 0 Å². The Hall–Kier alpha value is -0.670. The molecule has 1 amide bonds. The molecule has 0 spiro atoms. The zero-order valence-corrected chi connectivity index (χ0v) is 8.18. The summed E-state index contributed by atoms with van der Waals surface area (Å²) in [5, 5.41) is 0. The van der Waals surface area contributed by atoms with Crippen molar-refractivity contribution < 1.29 is 13.6 Å². The van der Waals surface area contributed by atoms with E-state index in [0.29, 0.717) is 0 Å². The van der Waals surface area contributed by atoms with Crippen LogP contribution < -0.4 is 0 Å². The smallest absolute Gasteiger partial charge is 0.247 e. The summed E-state index contributed by atoms with van der Waals surface area (Å²) in [5.74, 6) is -0.194. The third kappa shape index (κ3) is 1.54. The molecule has 2 nitrogen and oxygen atoms in total. The monoisotopic (exact) mass is 191 g/mol. The molecule has 0 aromatic carbocycles. The molecule has 1 fully saturated rings. The third-order valence-corrected chi connectivity index (χ3v) is 3.00. The average Bonchev–Trinajstić information content (AvgIpc) is 1.80. The highest BCUT2D eigenvalue weighted by molar-refractivity contribution is 5.74. The highest BCUT2D eigenvalue weighted by atomic mass is 19.3. The van der Waals surface area contributed by atoms with E-state index in [-0.39, 0.29) is 24.9 Å². The number of likely N-dealkylation sites (tertiary alicyclic amines) is 1. The lowest BCUT2D eigenvalue weighted by atomic mass is 9.71. The van der Waals surface area contributed by atoms with Crippen LogP contribution in [0.4, 0.5) is 8.78 Å². The predicted molar refractivity (Wildman–Crippen MR) is 45.5 cm³/mol. The molecule has 0 aromatic rings. The second kappa shape index (κ2) is 3.24. The number of carbonyl (C=O) groups excluding carboxylic acids is 1. The summed E-state index contributed by atoms with van der Waals surface area (Å²) in [6, 6.07) is 0. The standard InChI is InChI=1S/C9H15F2NO/c1-6(2)9(8(10)11)4-12(5-9)7(3)13/h6,8H,4-5H2,1-3H3. The van der Waals surface area contributed by atoms with Gasteiger partial charge in [-0.3, -0.25) is 4.79 Å². The van der Waals surface area contributed by atoms with Crippen LogP contribution in [0, 0.1) is 11.3 Å². The number of rotatable bonds is 2. The van der Waals surface area contributed by atoms with Crippen LogP contribution >= 0.6 is 0 Å². The lowest BCUT2D eigenvalue weighted by Gasteiger charge is -2.51. The van der Waals surface area contributed by atoms with Gasteiger partial charge in [-0.25, -0.2) is 8.78 Å².